The number of hydrogen-bond acceptors (Lipinski definition) is 3. The molecule has 2 unspecified atom stereocenters. The molecule has 44 valence electrons. The first-order valence-corrected chi connectivity index (χ1v) is 2.24. The molecule has 0 radical (unpaired) electrons. The molecule has 0 aliphatic rings. The van der Waals surface area contributed by atoms with E-state index in [1.54, 1.807) is 0 Å². The van der Waals surface area contributed by atoms with E-state index >= 15 is 0 Å². The first kappa shape index (κ1) is 6.88. The van der Waals surface area contributed by atoms with Crippen molar-refractivity contribution in [3.8, 4) is 0 Å². The van der Waals surface area contributed by atoms with Crippen molar-refractivity contribution < 1.29 is 10.2 Å². The maximum Gasteiger partial charge on any atom is 0.0918 e. The highest BCUT2D eigenvalue weighted by molar-refractivity contribution is 4.60. The normalized spacial score (nSPS) is 18.9. The molecule has 0 aromatic rings. The topological polar surface area (TPSA) is 66.5 Å². The molecule has 0 aromatic heterocycles. The van der Waals surface area contributed by atoms with E-state index in [0.29, 0.717) is 0 Å². The predicted molar refractivity (Wildman–Crippen MR) is 26.7 cm³/mol. The maximum atomic E-state index is 8.56. The Balaban J connectivity index is 3.14. The van der Waals surface area contributed by atoms with Gasteiger partial charge in [0.05, 0.1) is 12.2 Å². The number of hydrogen-bond donors (Lipinski definition) is 3. The van der Waals surface area contributed by atoms with Gasteiger partial charge in [-0.25, -0.2) is 0 Å². The van der Waals surface area contributed by atoms with Crippen molar-refractivity contribution in [2.45, 2.75) is 19.1 Å². The molecule has 0 aliphatic heterocycles. The lowest BCUT2D eigenvalue weighted by Gasteiger charge is -2.08. The number of aliphatic hydroxyl groups is 2. The largest absolute Gasteiger partial charge is 0.391 e. The van der Waals surface area contributed by atoms with Crippen LogP contribution in [0.3, 0.4) is 0 Å². The zero-order valence-electron chi connectivity index (χ0n) is 4.33. The number of nitrogens with two attached hydrogens (primary N) is 1. The fourth-order valence-corrected chi connectivity index (χ4v) is 0.197. The molecule has 0 fully saturated rings. The van der Waals surface area contributed by atoms with Gasteiger partial charge in [0.15, 0.2) is 0 Å². The summed E-state index contributed by atoms with van der Waals surface area (Å²) >= 11 is 0. The van der Waals surface area contributed by atoms with Gasteiger partial charge in [-0.05, 0) is 6.92 Å². The minimum absolute atomic E-state index is 0.123. The van der Waals surface area contributed by atoms with Crippen molar-refractivity contribution >= 4 is 0 Å². The van der Waals surface area contributed by atoms with Crippen LogP contribution in [0.4, 0.5) is 0 Å². The molecule has 2 atom stereocenters. The van der Waals surface area contributed by atoms with E-state index in [-0.39, 0.29) is 6.54 Å². The summed E-state index contributed by atoms with van der Waals surface area (Å²) in [6.45, 7) is 1.62. The molecule has 0 rings (SSSR count). The Hall–Kier alpha value is -0.120. The minimum atomic E-state index is -0.764. The Morgan fingerprint density at radius 2 is 2.00 bits per heavy atom. The fourth-order valence-electron chi connectivity index (χ4n) is 0.197. The van der Waals surface area contributed by atoms with Gasteiger partial charge in [0.2, 0.25) is 0 Å². The molecule has 4 N–H and O–H groups in total. The molecule has 0 amide bonds. The Morgan fingerprint density at radius 3 is 2.00 bits per heavy atom. The SMILES string of the molecule is CC(O)C(O)CN. The van der Waals surface area contributed by atoms with E-state index in [4.69, 9.17) is 15.9 Å². The standard InChI is InChI=1S/C4H11NO2/c1-3(6)4(7)2-5/h3-4,6-7H,2,5H2,1H3. The molecule has 0 saturated heterocycles. The second kappa shape index (κ2) is 2.96. The zero-order chi connectivity index (χ0) is 5.86. The Labute approximate surface area is 42.8 Å². The van der Waals surface area contributed by atoms with Crippen LogP contribution in [0.2, 0.25) is 0 Å². The zero-order valence-corrected chi connectivity index (χ0v) is 4.33. The van der Waals surface area contributed by atoms with Crippen LogP contribution >= 0.6 is 0 Å². The van der Waals surface area contributed by atoms with Crippen molar-refractivity contribution in [3.63, 3.8) is 0 Å². The minimum Gasteiger partial charge on any atom is -0.391 e. The second-order valence-corrected chi connectivity index (χ2v) is 1.54. The van der Waals surface area contributed by atoms with Gasteiger partial charge in [0, 0.05) is 6.54 Å². The van der Waals surface area contributed by atoms with Gasteiger partial charge in [-0.3, -0.25) is 0 Å². The second-order valence-electron chi connectivity index (χ2n) is 1.54. The summed E-state index contributed by atoms with van der Waals surface area (Å²) in [5.41, 5.74) is 4.96. The molecule has 3 heteroatoms. The smallest absolute Gasteiger partial charge is 0.0918 e. The lowest BCUT2D eigenvalue weighted by atomic mass is 10.2. The van der Waals surface area contributed by atoms with E-state index < -0.39 is 12.2 Å². The van der Waals surface area contributed by atoms with Crippen LogP contribution in [0.25, 0.3) is 0 Å². The average molecular weight is 105 g/mol. The van der Waals surface area contributed by atoms with Gasteiger partial charge < -0.3 is 15.9 Å². The first-order chi connectivity index (χ1) is 3.18. The summed E-state index contributed by atoms with van der Waals surface area (Å²) in [6, 6.07) is 0. The molecule has 0 saturated carbocycles. The van der Waals surface area contributed by atoms with Crippen molar-refractivity contribution in [3.05, 3.63) is 0 Å². The van der Waals surface area contributed by atoms with E-state index in [9.17, 15) is 0 Å². The van der Waals surface area contributed by atoms with Gasteiger partial charge in [-0.1, -0.05) is 0 Å². The van der Waals surface area contributed by atoms with Crippen LogP contribution in [0.1, 0.15) is 6.92 Å². The van der Waals surface area contributed by atoms with Crippen molar-refractivity contribution in [2.24, 2.45) is 5.73 Å². The molecule has 3 nitrogen and oxygen atoms in total. The highest BCUT2D eigenvalue weighted by Gasteiger charge is 2.05. The molecular weight excluding hydrogens is 94.0 g/mol. The van der Waals surface area contributed by atoms with E-state index in [1.165, 1.54) is 6.92 Å². The molecule has 0 heterocycles. The van der Waals surface area contributed by atoms with Crippen molar-refractivity contribution in [1.29, 1.82) is 0 Å². The van der Waals surface area contributed by atoms with Crippen LogP contribution in [0.15, 0.2) is 0 Å². The Morgan fingerprint density at radius 1 is 1.57 bits per heavy atom. The lowest BCUT2D eigenvalue weighted by Crippen LogP contribution is -2.30. The summed E-state index contributed by atoms with van der Waals surface area (Å²) < 4.78 is 0. The fraction of sp³-hybridized carbons (Fsp3) is 1.00. The third-order valence-corrected chi connectivity index (χ3v) is 0.798. The molecule has 0 spiro atoms. The van der Waals surface area contributed by atoms with E-state index in [1.807, 2.05) is 0 Å². The first-order valence-electron chi connectivity index (χ1n) is 2.24. The summed E-state index contributed by atoms with van der Waals surface area (Å²) in [6.07, 6.45) is -1.47. The summed E-state index contributed by atoms with van der Waals surface area (Å²) in [7, 11) is 0. The molecule has 0 aromatic carbocycles. The van der Waals surface area contributed by atoms with Crippen LogP contribution in [-0.2, 0) is 0 Å². The Kier molecular flexibility index (Phi) is 2.91. The highest BCUT2D eigenvalue weighted by atomic mass is 16.3. The van der Waals surface area contributed by atoms with Gasteiger partial charge >= 0.3 is 0 Å². The summed E-state index contributed by atoms with van der Waals surface area (Å²) in [4.78, 5) is 0. The summed E-state index contributed by atoms with van der Waals surface area (Å²) in [5.74, 6) is 0. The Bertz CT molecular complexity index is 47.0. The third-order valence-electron chi connectivity index (χ3n) is 0.798. The molecule has 7 heavy (non-hydrogen) atoms. The van der Waals surface area contributed by atoms with Crippen molar-refractivity contribution in [2.75, 3.05) is 6.54 Å². The molecular formula is C4H11NO2. The molecule has 0 bridgehead atoms. The number of aliphatic hydroxyl groups excluding tert-OH is 2. The lowest BCUT2D eigenvalue weighted by molar-refractivity contribution is 0.0374. The monoisotopic (exact) mass is 105 g/mol. The van der Waals surface area contributed by atoms with Crippen LogP contribution in [-0.4, -0.2) is 29.0 Å². The predicted octanol–water partition coefficient (Wildman–Crippen LogP) is -1.31. The maximum absolute atomic E-state index is 8.56. The van der Waals surface area contributed by atoms with E-state index in [0.717, 1.165) is 0 Å². The van der Waals surface area contributed by atoms with Gasteiger partial charge in [-0.15, -0.1) is 0 Å². The highest BCUT2D eigenvalue weighted by Crippen LogP contribution is 1.85. The average Bonchev–Trinajstić information content (AvgIpc) is 1.65. The van der Waals surface area contributed by atoms with Crippen LogP contribution in [0.5, 0.6) is 0 Å². The third kappa shape index (κ3) is 2.56. The quantitative estimate of drug-likeness (QED) is 0.408. The van der Waals surface area contributed by atoms with Crippen LogP contribution < -0.4 is 5.73 Å². The number of rotatable bonds is 2. The van der Waals surface area contributed by atoms with Gasteiger partial charge in [-0.2, -0.15) is 0 Å². The van der Waals surface area contributed by atoms with Crippen molar-refractivity contribution in [1.82, 2.24) is 0 Å². The van der Waals surface area contributed by atoms with Gasteiger partial charge in [0.25, 0.3) is 0 Å². The van der Waals surface area contributed by atoms with Gasteiger partial charge in [0.1, 0.15) is 0 Å². The van der Waals surface area contributed by atoms with Crippen LogP contribution in [0, 0.1) is 0 Å². The summed E-state index contributed by atoms with van der Waals surface area (Å²) in [5, 5.41) is 17.1. The van der Waals surface area contributed by atoms with E-state index in [2.05, 4.69) is 0 Å². The molecule has 0 aliphatic carbocycles.